The third-order valence-corrected chi connectivity index (χ3v) is 3.01. The van der Waals surface area contributed by atoms with Crippen molar-refractivity contribution in [3.8, 4) is 0 Å². The molecular weight excluding hydrogens is 200 g/mol. The molecule has 1 saturated carbocycles. The van der Waals surface area contributed by atoms with E-state index in [1.807, 2.05) is 4.57 Å². The molecule has 0 atom stereocenters. The van der Waals surface area contributed by atoms with Crippen LogP contribution in [0.1, 0.15) is 42.2 Å². The largest absolute Gasteiger partial charge is 0.342 e. The van der Waals surface area contributed by atoms with Crippen molar-refractivity contribution in [2.75, 3.05) is 0 Å². The summed E-state index contributed by atoms with van der Waals surface area (Å²) in [7, 11) is 0. The molecule has 4 heteroatoms. The molecule has 1 aliphatic rings. The molecular formula is C11H13F2NO. The average molecular weight is 213 g/mol. The molecule has 1 fully saturated rings. The molecule has 0 N–H and O–H groups in total. The fourth-order valence-electron chi connectivity index (χ4n) is 2.14. The first-order chi connectivity index (χ1) is 7.12. The lowest BCUT2D eigenvalue weighted by atomic mass is 9.92. The molecule has 15 heavy (non-hydrogen) atoms. The minimum Gasteiger partial charge on any atom is -0.342 e. The Bertz CT molecular complexity index is 349. The summed E-state index contributed by atoms with van der Waals surface area (Å²) in [5.41, 5.74) is 0.574. The van der Waals surface area contributed by atoms with Gasteiger partial charge in [-0.2, -0.15) is 0 Å². The Morgan fingerprint density at radius 2 is 2.07 bits per heavy atom. The van der Waals surface area contributed by atoms with Crippen LogP contribution < -0.4 is 0 Å². The highest BCUT2D eigenvalue weighted by Gasteiger charge is 2.35. The summed E-state index contributed by atoms with van der Waals surface area (Å²) in [6, 6.07) is 3.54. The van der Waals surface area contributed by atoms with Crippen LogP contribution in [0.15, 0.2) is 18.3 Å². The fraction of sp³-hybridized carbons (Fsp3) is 0.545. The van der Waals surface area contributed by atoms with E-state index in [0.29, 0.717) is 18.5 Å². The Balaban J connectivity index is 2.10. The summed E-state index contributed by atoms with van der Waals surface area (Å²) in [4.78, 5) is 10.7. The molecule has 1 aromatic heterocycles. The molecule has 0 bridgehead atoms. The van der Waals surface area contributed by atoms with E-state index in [0.717, 1.165) is 6.29 Å². The van der Waals surface area contributed by atoms with Crippen LogP contribution in [0.2, 0.25) is 0 Å². The molecule has 0 aliphatic heterocycles. The molecule has 2 rings (SSSR count). The van der Waals surface area contributed by atoms with Gasteiger partial charge in [-0.15, -0.1) is 0 Å². The van der Waals surface area contributed by atoms with Gasteiger partial charge in [-0.1, -0.05) is 0 Å². The van der Waals surface area contributed by atoms with E-state index in [-0.39, 0.29) is 18.9 Å². The predicted molar refractivity (Wildman–Crippen MR) is 52.3 cm³/mol. The topological polar surface area (TPSA) is 22.0 Å². The first-order valence-corrected chi connectivity index (χ1v) is 5.12. The van der Waals surface area contributed by atoms with Crippen LogP contribution in [0.4, 0.5) is 8.78 Å². The lowest BCUT2D eigenvalue weighted by Gasteiger charge is -2.29. The number of aldehydes is 1. The maximum atomic E-state index is 12.9. The third kappa shape index (κ3) is 2.08. The summed E-state index contributed by atoms with van der Waals surface area (Å²) in [6.07, 6.45) is 3.30. The number of rotatable bonds is 2. The van der Waals surface area contributed by atoms with Crippen molar-refractivity contribution in [2.45, 2.75) is 37.6 Å². The van der Waals surface area contributed by atoms with E-state index in [1.54, 1.807) is 18.3 Å². The molecule has 82 valence electrons. The maximum absolute atomic E-state index is 12.9. The van der Waals surface area contributed by atoms with Crippen LogP contribution in [-0.4, -0.2) is 16.8 Å². The summed E-state index contributed by atoms with van der Waals surface area (Å²) in [5, 5.41) is 0. The van der Waals surface area contributed by atoms with Crippen LogP contribution in [0.25, 0.3) is 0 Å². The zero-order valence-electron chi connectivity index (χ0n) is 8.33. The van der Waals surface area contributed by atoms with E-state index < -0.39 is 5.92 Å². The van der Waals surface area contributed by atoms with Crippen LogP contribution >= 0.6 is 0 Å². The molecule has 2 nitrogen and oxygen atoms in total. The maximum Gasteiger partial charge on any atom is 0.248 e. The Kier molecular flexibility index (Phi) is 2.59. The van der Waals surface area contributed by atoms with Gasteiger partial charge in [-0.25, -0.2) is 8.78 Å². The number of nitrogens with zero attached hydrogens (tertiary/aromatic N) is 1. The Morgan fingerprint density at radius 3 is 2.67 bits per heavy atom. The zero-order chi connectivity index (χ0) is 10.9. The van der Waals surface area contributed by atoms with Gasteiger partial charge in [-0.3, -0.25) is 4.79 Å². The number of hydrogen-bond donors (Lipinski definition) is 0. The second-order valence-corrected chi connectivity index (χ2v) is 4.05. The van der Waals surface area contributed by atoms with Crippen molar-refractivity contribution in [3.63, 3.8) is 0 Å². The zero-order valence-corrected chi connectivity index (χ0v) is 8.33. The molecule has 0 radical (unpaired) electrons. The molecule has 0 spiro atoms. The van der Waals surface area contributed by atoms with Gasteiger partial charge < -0.3 is 4.57 Å². The predicted octanol–water partition coefficient (Wildman–Crippen LogP) is 3.05. The molecule has 0 aromatic carbocycles. The molecule has 0 amide bonds. The SMILES string of the molecule is O=Cc1cccn1C1CCC(F)(F)CC1. The standard InChI is InChI=1S/C11H13F2NO/c12-11(13)5-3-9(4-6-11)14-7-1-2-10(14)8-15/h1-2,7-9H,3-6H2. The van der Waals surface area contributed by atoms with Crippen molar-refractivity contribution in [3.05, 3.63) is 24.0 Å². The highest BCUT2D eigenvalue weighted by atomic mass is 19.3. The van der Waals surface area contributed by atoms with E-state index in [1.165, 1.54) is 0 Å². The van der Waals surface area contributed by atoms with Gasteiger partial charge in [-0.05, 0) is 25.0 Å². The van der Waals surface area contributed by atoms with E-state index in [2.05, 4.69) is 0 Å². The molecule has 1 heterocycles. The summed E-state index contributed by atoms with van der Waals surface area (Å²) in [5.74, 6) is -2.51. The molecule has 1 aliphatic carbocycles. The van der Waals surface area contributed by atoms with Crippen molar-refractivity contribution in [2.24, 2.45) is 0 Å². The van der Waals surface area contributed by atoms with Gasteiger partial charge in [0.25, 0.3) is 0 Å². The first-order valence-electron chi connectivity index (χ1n) is 5.12. The summed E-state index contributed by atoms with van der Waals surface area (Å²) < 4.78 is 27.7. The quantitative estimate of drug-likeness (QED) is 0.692. The minimum absolute atomic E-state index is 0.0554. The number of hydrogen-bond acceptors (Lipinski definition) is 1. The molecule has 0 saturated heterocycles. The van der Waals surface area contributed by atoms with Crippen molar-refractivity contribution in [1.82, 2.24) is 4.57 Å². The highest BCUT2D eigenvalue weighted by molar-refractivity contribution is 5.72. The van der Waals surface area contributed by atoms with Crippen molar-refractivity contribution >= 4 is 6.29 Å². The number of carbonyl (C=O) groups is 1. The number of carbonyl (C=O) groups excluding carboxylic acids is 1. The summed E-state index contributed by atoms with van der Waals surface area (Å²) >= 11 is 0. The Morgan fingerprint density at radius 1 is 1.40 bits per heavy atom. The molecule has 0 unspecified atom stereocenters. The van der Waals surface area contributed by atoms with Gasteiger partial charge in [0.05, 0.1) is 5.69 Å². The van der Waals surface area contributed by atoms with Gasteiger partial charge in [0.1, 0.15) is 0 Å². The number of aromatic nitrogens is 1. The van der Waals surface area contributed by atoms with E-state index in [4.69, 9.17) is 0 Å². The Hall–Kier alpha value is -1.19. The van der Waals surface area contributed by atoms with Crippen LogP contribution in [0, 0.1) is 0 Å². The number of halogens is 2. The van der Waals surface area contributed by atoms with E-state index >= 15 is 0 Å². The second-order valence-electron chi connectivity index (χ2n) is 4.05. The summed E-state index contributed by atoms with van der Waals surface area (Å²) in [6.45, 7) is 0. The number of alkyl halides is 2. The van der Waals surface area contributed by atoms with Gasteiger partial charge in [0, 0.05) is 25.1 Å². The van der Waals surface area contributed by atoms with Gasteiger partial charge in [0.2, 0.25) is 5.92 Å². The lowest BCUT2D eigenvalue weighted by molar-refractivity contribution is -0.0439. The van der Waals surface area contributed by atoms with E-state index in [9.17, 15) is 13.6 Å². The lowest BCUT2D eigenvalue weighted by Crippen LogP contribution is -2.26. The van der Waals surface area contributed by atoms with Crippen LogP contribution in [-0.2, 0) is 0 Å². The second kappa shape index (κ2) is 3.76. The minimum atomic E-state index is -2.51. The van der Waals surface area contributed by atoms with Gasteiger partial charge in [0.15, 0.2) is 6.29 Å². The average Bonchev–Trinajstić information content (AvgIpc) is 2.65. The highest BCUT2D eigenvalue weighted by Crippen LogP contribution is 2.38. The van der Waals surface area contributed by atoms with Crippen LogP contribution in [0.3, 0.4) is 0 Å². The van der Waals surface area contributed by atoms with Crippen molar-refractivity contribution < 1.29 is 13.6 Å². The smallest absolute Gasteiger partial charge is 0.248 e. The van der Waals surface area contributed by atoms with Crippen LogP contribution in [0.5, 0.6) is 0 Å². The third-order valence-electron chi connectivity index (χ3n) is 3.01. The van der Waals surface area contributed by atoms with Gasteiger partial charge >= 0.3 is 0 Å². The Labute approximate surface area is 86.9 Å². The molecule has 1 aromatic rings. The monoisotopic (exact) mass is 213 g/mol. The normalized spacial score (nSPS) is 21.5. The first kappa shape index (κ1) is 10.3. The van der Waals surface area contributed by atoms with Crippen molar-refractivity contribution in [1.29, 1.82) is 0 Å². The fourth-order valence-corrected chi connectivity index (χ4v) is 2.14.